The summed E-state index contributed by atoms with van der Waals surface area (Å²) in [5.41, 5.74) is 2.29. The third-order valence-electron chi connectivity index (χ3n) is 7.23. The predicted octanol–water partition coefficient (Wildman–Crippen LogP) is 5.36. The topological polar surface area (TPSA) is 93.1 Å². The van der Waals surface area contributed by atoms with Crippen molar-refractivity contribution in [2.24, 2.45) is 5.41 Å². The van der Waals surface area contributed by atoms with Crippen molar-refractivity contribution in [1.29, 1.82) is 0 Å². The number of pyridine rings is 1. The third kappa shape index (κ3) is 4.61. The summed E-state index contributed by atoms with van der Waals surface area (Å²) < 4.78 is 6.12. The van der Waals surface area contributed by atoms with E-state index in [0.717, 1.165) is 53.6 Å². The van der Waals surface area contributed by atoms with Crippen LogP contribution in [0.15, 0.2) is 36.8 Å². The summed E-state index contributed by atoms with van der Waals surface area (Å²) in [6.45, 7) is 0.759. The van der Waals surface area contributed by atoms with Crippen molar-refractivity contribution in [3.63, 3.8) is 0 Å². The highest BCUT2D eigenvalue weighted by molar-refractivity contribution is 7.18. The van der Waals surface area contributed by atoms with Crippen LogP contribution in [-0.2, 0) is 4.79 Å². The van der Waals surface area contributed by atoms with Gasteiger partial charge < -0.3 is 15.0 Å². The number of nitrogens with one attached hydrogen (secondary N) is 1. The average Bonchev–Trinajstić information content (AvgIpc) is 3.46. The molecule has 0 atom stereocenters. The molecule has 1 aliphatic heterocycles. The first kappa shape index (κ1) is 21.5. The normalized spacial score (nSPS) is 19.9. The molecule has 2 saturated carbocycles. The first-order valence-electron chi connectivity index (χ1n) is 12.2. The number of anilines is 3. The Balaban J connectivity index is 1.09. The zero-order chi connectivity index (χ0) is 23.0. The molecular weight excluding hydrogens is 448 g/mol. The maximum Gasteiger partial charge on any atom is 0.317 e. The van der Waals surface area contributed by atoms with E-state index >= 15 is 0 Å². The van der Waals surface area contributed by atoms with Crippen LogP contribution in [0.2, 0.25) is 0 Å². The van der Waals surface area contributed by atoms with E-state index in [-0.39, 0.29) is 12.0 Å². The van der Waals surface area contributed by atoms with Crippen LogP contribution in [0.4, 0.5) is 16.6 Å². The molecule has 0 unspecified atom stereocenters. The molecule has 3 aromatic heterocycles. The van der Waals surface area contributed by atoms with E-state index in [2.05, 4.69) is 25.3 Å². The molecule has 176 valence electrons. The van der Waals surface area contributed by atoms with Gasteiger partial charge in [-0.05, 0) is 75.0 Å². The monoisotopic (exact) mass is 476 g/mol. The van der Waals surface area contributed by atoms with E-state index in [9.17, 15) is 4.79 Å². The summed E-state index contributed by atoms with van der Waals surface area (Å²) in [4.78, 5) is 32.8. The average molecular weight is 477 g/mol. The van der Waals surface area contributed by atoms with Gasteiger partial charge in [-0.3, -0.25) is 4.79 Å². The zero-order valence-electron chi connectivity index (χ0n) is 19.1. The Labute approximate surface area is 202 Å². The lowest BCUT2D eigenvalue weighted by Gasteiger charge is -2.28. The molecule has 6 rings (SSSR count). The molecule has 3 aromatic rings. The molecule has 0 radical (unpaired) electrons. The number of rotatable bonds is 6. The van der Waals surface area contributed by atoms with Gasteiger partial charge in [0.1, 0.15) is 11.9 Å². The minimum Gasteiger partial charge on any atom is -0.460 e. The molecule has 34 heavy (non-hydrogen) atoms. The van der Waals surface area contributed by atoms with E-state index in [1.54, 1.807) is 18.6 Å². The summed E-state index contributed by atoms with van der Waals surface area (Å²) >= 11 is 1.50. The largest absolute Gasteiger partial charge is 0.460 e. The van der Waals surface area contributed by atoms with Gasteiger partial charge in [-0.15, -0.1) is 0 Å². The van der Waals surface area contributed by atoms with Gasteiger partial charge in [-0.25, -0.2) is 15.0 Å². The Hall–Kier alpha value is -3.07. The van der Waals surface area contributed by atoms with Gasteiger partial charge in [0.15, 0.2) is 5.13 Å². The number of carbonyl (C=O) groups excluding carboxylic acids is 1. The molecule has 8 nitrogen and oxygen atoms in total. The van der Waals surface area contributed by atoms with Crippen LogP contribution in [0.5, 0.6) is 6.01 Å². The van der Waals surface area contributed by atoms with E-state index < -0.39 is 0 Å². The second-order valence-electron chi connectivity index (χ2n) is 9.60. The first-order valence-corrected chi connectivity index (χ1v) is 13.0. The zero-order valence-corrected chi connectivity index (χ0v) is 19.9. The number of thiazole rings is 1. The molecule has 2 aliphatic carbocycles. The van der Waals surface area contributed by atoms with Crippen molar-refractivity contribution in [1.82, 2.24) is 19.9 Å². The highest BCUT2D eigenvalue weighted by Gasteiger charge is 2.45. The molecule has 9 heteroatoms. The molecule has 3 fully saturated rings. The van der Waals surface area contributed by atoms with Crippen molar-refractivity contribution in [3.8, 4) is 16.6 Å². The van der Waals surface area contributed by atoms with Crippen LogP contribution >= 0.6 is 11.3 Å². The Morgan fingerprint density at radius 3 is 2.68 bits per heavy atom. The molecule has 1 saturated heterocycles. The lowest BCUT2D eigenvalue weighted by Crippen LogP contribution is -2.35. The number of hydrogen-bond donors (Lipinski definition) is 1. The first-order chi connectivity index (χ1) is 16.7. The fourth-order valence-corrected chi connectivity index (χ4v) is 5.73. The van der Waals surface area contributed by atoms with Crippen LogP contribution in [0, 0.1) is 5.41 Å². The van der Waals surface area contributed by atoms with Crippen molar-refractivity contribution in [2.45, 2.75) is 63.9 Å². The molecule has 1 spiro atoms. The maximum atomic E-state index is 12.1. The number of hydrogen-bond acceptors (Lipinski definition) is 8. The van der Waals surface area contributed by atoms with Gasteiger partial charge in [0.05, 0.1) is 22.5 Å². The molecule has 1 N–H and O–H groups in total. The van der Waals surface area contributed by atoms with Crippen molar-refractivity contribution in [2.75, 3.05) is 16.8 Å². The van der Waals surface area contributed by atoms with Gasteiger partial charge in [0.2, 0.25) is 5.91 Å². The lowest BCUT2D eigenvalue weighted by atomic mass is 9.85. The van der Waals surface area contributed by atoms with E-state index in [1.165, 1.54) is 37.0 Å². The quantitative estimate of drug-likeness (QED) is 0.512. The fraction of sp³-hybridized carbons (Fsp3) is 0.480. The molecule has 3 aliphatic rings. The third-order valence-corrected chi connectivity index (χ3v) is 8.17. The van der Waals surface area contributed by atoms with Crippen molar-refractivity contribution >= 4 is 33.9 Å². The number of carbonyl (C=O) groups is 1. The Morgan fingerprint density at radius 2 is 1.91 bits per heavy atom. The summed E-state index contributed by atoms with van der Waals surface area (Å²) in [7, 11) is 0. The van der Waals surface area contributed by atoms with Gasteiger partial charge in [-0.1, -0.05) is 11.3 Å². The maximum absolute atomic E-state index is 12.1. The highest BCUT2D eigenvalue weighted by Crippen LogP contribution is 2.56. The molecule has 0 bridgehead atoms. The number of piperidine rings is 1. The number of aromatic nitrogens is 4. The smallest absolute Gasteiger partial charge is 0.317 e. The molecule has 4 heterocycles. The molecule has 1 amide bonds. The summed E-state index contributed by atoms with van der Waals surface area (Å²) in [6.07, 6.45) is 15.6. The summed E-state index contributed by atoms with van der Waals surface area (Å²) in [6, 6.07) is 6.14. The minimum absolute atomic E-state index is 0.168. The minimum atomic E-state index is 0.168. The predicted molar refractivity (Wildman–Crippen MR) is 131 cm³/mol. The lowest BCUT2D eigenvalue weighted by molar-refractivity contribution is -0.119. The van der Waals surface area contributed by atoms with Gasteiger partial charge in [0.25, 0.3) is 0 Å². The number of ether oxygens (including phenoxy) is 1. The van der Waals surface area contributed by atoms with Gasteiger partial charge in [-0.2, -0.15) is 4.98 Å². The number of amides is 1. The summed E-state index contributed by atoms with van der Waals surface area (Å²) in [5.74, 6) is 0.855. The van der Waals surface area contributed by atoms with Crippen LogP contribution in [-0.4, -0.2) is 38.5 Å². The van der Waals surface area contributed by atoms with Crippen LogP contribution in [0.3, 0.4) is 0 Å². The van der Waals surface area contributed by atoms with Crippen molar-refractivity contribution < 1.29 is 9.53 Å². The standard InChI is InChI=1S/C25H28N6O2S/c32-22-3-1-2-14-31(22)17-4-5-21(27-15-17)30-24-28-16-20(34-24)19-8-13-26-23(29-19)33-18-6-9-25(10-7-18)11-12-25/h4-5,8,13,15-16,18H,1-3,6-7,9-12,14H2,(H,27,28,30). The van der Waals surface area contributed by atoms with Gasteiger partial charge >= 0.3 is 6.01 Å². The van der Waals surface area contributed by atoms with Crippen LogP contribution < -0.4 is 15.0 Å². The van der Waals surface area contributed by atoms with Gasteiger partial charge in [0, 0.05) is 25.4 Å². The SMILES string of the molecule is O=C1CCCCN1c1ccc(Nc2ncc(-c3ccnc(OC4CCC5(CC4)CC5)n3)s2)nc1. The van der Waals surface area contributed by atoms with Crippen LogP contribution in [0.1, 0.15) is 57.8 Å². The Kier molecular flexibility index (Phi) is 5.64. The van der Waals surface area contributed by atoms with E-state index in [1.807, 2.05) is 23.1 Å². The highest BCUT2D eigenvalue weighted by atomic mass is 32.1. The molecular formula is C25H28N6O2S. The Bertz CT molecular complexity index is 1170. The number of nitrogens with zero attached hydrogens (tertiary/aromatic N) is 5. The fourth-order valence-electron chi connectivity index (χ4n) is 4.94. The van der Waals surface area contributed by atoms with Crippen LogP contribution in [0.25, 0.3) is 10.6 Å². The second kappa shape index (κ2) is 8.94. The Morgan fingerprint density at radius 1 is 1.03 bits per heavy atom. The van der Waals surface area contributed by atoms with Crippen molar-refractivity contribution in [3.05, 3.63) is 36.8 Å². The summed E-state index contributed by atoms with van der Waals surface area (Å²) in [5, 5.41) is 3.98. The second-order valence-corrected chi connectivity index (χ2v) is 10.6. The molecule has 0 aromatic carbocycles. The van der Waals surface area contributed by atoms with E-state index in [0.29, 0.717) is 23.7 Å². The van der Waals surface area contributed by atoms with E-state index in [4.69, 9.17) is 4.74 Å².